The molecule has 4 rings (SSSR count). The smallest absolute Gasteiger partial charge is 0.326 e. The number of nitrogens with one attached hydrogen (secondary N) is 9. The zero-order valence-corrected chi connectivity index (χ0v) is 33.3. The summed E-state index contributed by atoms with van der Waals surface area (Å²) in [5, 5.41) is 30.2. The molecule has 21 heteroatoms. The summed E-state index contributed by atoms with van der Waals surface area (Å²) in [5.74, 6) is -9.21. The second-order valence-corrected chi connectivity index (χ2v) is 14.4. The highest BCUT2D eigenvalue weighted by Gasteiger charge is 2.33. The van der Waals surface area contributed by atoms with Gasteiger partial charge in [-0.25, -0.2) is 4.79 Å². The maximum atomic E-state index is 13.8. The summed E-state index contributed by atoms with van der Waals surface area (Å²) in [5.41, 5.74) is 7.38. The molecule has 12 N–H and O–H groups in total. The molecule has 326 valence electrons. The van der Waals surface area contributed by atoms with E-state index in [2.05, 4.69) is 47.5 Å². The molecule has 1 fully saturated rings. The number of carbonyl (C=O) groups is 10. The Balaban J connectivity index is 1.65. The molecule has 1 aliphatic heterocycles. The van der Waals surface area contributed by atoms with Crippen molar-refractivity contribution in [1.29, 1.82) is 0 Å². The predicted octanol–water partition coefficient (Wildman–Crippen LogP) is -2.72. The molecular formula is C40H50N10O11. The lowest BCUT2D eigenvalue weighted by atomic mass is 10.0. The molecule has 21 nitrogen and oxygen atoms in total. The molecule has 9 amide bonds. The number of carboxylic acids is 1. The number of aliphatic carboxylic acids is 1. The molecule has 5 atom stereocenters. The molecule has 1 aliphatic rings. The van der Waals surface area contributed by atoms with E-state index in [4.69, 9.17) is 5.73 Å². The van der Waals surface area contributed by atoms with Crippen LogP contribution in [0.15, 0.2) is 60.8 Å². The maximum absolute atomic E-state index is 13.8. The van der Waals surface area contributed by atoms with Crippen molar-refractivity contribution in [1.82, 2.24) is 47.5 Å². The van der Waals surface area contributed by atoms with E-state index in [0.717, 1.165) is 17.8 Å². The molecule has 0 aliphatic carbocycles. The van der Waals surface area contributed by atoms with Gasteiger partial charge in [-0.15, -0.1) is 0 Å². The number of hydrogen-bond donors (Lipinski definition) is 11. The molecule has 1 saturated heterocycles. The van der Waals surface area contributed by atoms with Crippen LogP contribution in [-0.4, -0.2) is 119 Å². The van der Waals surface area contributed by atoms with Gasteiger partial charge in [0.2, 0.25) is 53.2 Å². The average Bonchev–Trinajstić information content (AvgIpc) is 3.62. The summed E-state index contributed by atoms with van der Waals surface area (Å²) in [4.78, 5) is 133. The van der Waals surface area contributed by atoms with Crippen LogP contribution in [0.1, 0.15) is 50.2 Å². The summed E-state index contributed by atoms with van der Waals surface area (Å²) in [6.07, 6.45) is 0.348. The molecule has 3 aromatic rings. The number of aromatic amines is 1. The van der Waals surface area contributed by atoms with E-state index in [1.165, 1.54) is 0 Å². The lowest BCUT2D eigenvalue weighted by Gasteiger charge is -2.25. The van der Waals surface area contributed by atoms with E-state index in [1.54, 1.807) is 42.6 Å². The number of rotatable bonds is 10. The van der Waals surface area contributed by atoms with Crippen molar-refractivity contribution in [2.75, 3.05) is 19.6 Å². The second-order valence-electron chi connectivity index (χ2n) is 14.4. The molecule has 3 unspecified atom stereocenters. The van der Waals surface area contributed by atoms with Crippen molar-refractivity contribution in [2.24, 2.45) is 5.73 Å². The number of hydrogen-bond acceptors (Lipinski definition) is 10. The first-order valence-corrected chi connectivity index (χ1v) is 19.5. The quantitative estimate of drug-likeness (QED) is 0.0996. The van der Waals surface area contributed by atoms with Crippen molar-refractivity contribution in [3.05, 3.63) is 71.9 Å². The minimum absolute atomic E-state index is 0.0108. The fraction of sp³-hybridized carbons (Fsp3) is 0.400. The van der Waals surface area contributed by atoms with Gasteiger partial charge in [-0.1, -0.05) is 48.5 Å². The van der Waals surface area contributed by atoms with Gasteiger partial charge < -0.3 is 58.4 Å². The number of amides is 9. The number of aromatic nitrogens is 1. The first-order valence-electron chi connectivity index (χ1n) is 19.5. The monoisotopic (exact) mass is 846 g/mol. The largest absolute Gasteiger partial charge is 0.480 e. The Morgan fingerprint density at radius 2 is 1.43 bits per heavy atom. The van der Waals surface area contributed by atoms with Gasteiger partial charge in [0.15, 0.2) is 0 Å². The summed E-state index contributed by atoms with van der Waals surface area (Å²) in [7, 11) is 0. The number of nitrogens with two attached hydrogens (primary N) is 1. The van der Waals surface area contributed by atoms with Crippen molar-refractivity contribution in [3.8, 4) is 0 Å². The van der Waals surface area contributed by atoms with E-state index in [1.807, 2.05) is 18.2 Å². The number of primary amides is 1. The number of H-pyrrole nitrogens is 1. The van der Waals surface area contributed by atoms with Crippen LogP contribution in [0.3, 0.4) is 0 Å². The molecule has 0 bridgehead atoms. The Kier molecular flexibility index (Phi) is 17.3. The lowest BCUT2D eigenvalue weighted by molar-refractivity contribution is -0.142. The van der Waals surface area contributed by atoms with Crippen LogP contribution < -0.4 is 48.3 Å². The molecular weight excluding hydrogens is 796 g/mol. The van der Waals surface area contributed by atoms with Crippen LogP contribution in [0.25, 0.3) is 10.9 Å². The third kappa shape index (κ3) is 15.1. The van der Waals surface area contributed by atoms with Crippen LogP contribution in [0.5, 0.6) is 0 Å². The fourth-order valence-corrected chi connectivity index (χ4v) is 6.43. The van der Waals surface area contributed by atoms with E-state index in [0.29, 0.717) is 11.1 Å². The van der Waals surface area contributed by atoms with E-state index < -0.39 is 115 Å². The second kappa shape index (κ2) is 22.7. The Labute approximate surface area is 349 Å². The highest BCUT2D eigenvalue weighted by Crippen LogP contribution is 2.19. The van der Waals surface area contributed by atoms with Gasteiger partial charge in [0.05, 0.1) is 25.9 Å². The highest BCUT2D eigenvalue weighted by molar-refractivity contribution is 5.99. The maximum Gasteiger partial charge on any atom is 0.326 e. The zero-order chi connectivity index (χ0) is 44.5. The Bertz CT molecular complexity index is 2110. The van der Waals surface area contributed by atoms with Gasteiger partial charge in [-0.2, -0.15) is 0 Å². The summed E-state index contributed by atoms with van der Waals surface area (Å²) >= 11 is 0. The Hall–Kier alpha value is -7.32. The molecule has 2 aromatic carbocycles. The van der Waals surface area contributed by atoms with Crippen LogP contribution >= 0.6 is 0 Å². The number of carbonyl (C=O) groups excluding carboxylic acids is 9. The fourth-order valence-electron chi connectivity index (χ4n) is 6.43. The van der Waals surface area contributed by atoms with Crippen LogP contribution in [0.4, 0.5) is 0 Å². The summed E-state index contributed by atoms with van der Waals surface area (Å²) in [6.45, 7) is -0.113. The van der Waals surface area contributed by atoms with Crippen LogP contribution in [0, 0.1) is 0 Å². The average molecular weight is 847 g/mol. The number of carboxylic acid groups (broad SMARTS) is 1. The molecule has 1 aromatic heterocycles. The Morgan fingerprint density at radius 3 is 2.13 bits per heavy atom. The van der Waals surface area contributed by atoms with E-state index in [-0.39, 0.29) is 38.6 Å². The van der Waals surface area contributed by atoms with Gasteiger partial charge in [0.25, 0.3) is 0 Å². The highest BCUT2D eigenvalue weighted by atomic mass is 16.4. The van der Waals surface area contributed by atoms with Crippen LogP contribution in [-0.2, 0) is 60.8 Å². The zero-order valence-electron chi connectivity index (χ0n) is 33.3. The molecule has 0 saturated carbocycles. The number of para-hydroxylation sites is 1. The van der Waals surface area contributed by atoms with Crippen molar-refractivity contribution in [3.63, 3.8) is 0 Å². The van der Waals surface area contributed by atoms with Crippen molar-refractivity contribution >= 4 is 70.0 Å². The van der Waals surface area contributed by atoms with Gasteiger partial charge >= 0.3 is 5.97 Å². The van der Waals surface area contributed by atoms with Crippen molar-refractivity contribution in [2.45, 2.75) is 82.1 Å². The first-order chi connectivity index (χ1) is 29.1. The number of benzene rings is 2. The minimum atomic E-state index is -1.72. The topological polar surface area (TPSA) is 329 Å². The van der Waals surface area contributed by atoms with Gasteiger partial charge in [-0.3, -0.25) is 43.2 Å². The lowest BCUT2D eigenvalue weighted by Crippen LogP contribution is -2.59. The molecule has 61 heavy (non-hydrogen) atoms. The predicted molar refractivity (Wildman–Crippen MR) is 216 cm³/mol. The Morgan fingerprint density at radius 1 is 0.754 bits per heavy atom. The van der Waals surface area contributed by atoms with Crippen LogP contribution in [0.2, 0.25) is 0 Å². The summed E-state index contributed by atoms with van der Waals surface area (Å²) in [6, 6.07) is 8.15. The number of fused-ring (bicyclic) bond motifs is 1. The minimum Gasteiger partial charge on any atom is -0.480 e. The SMILES string of the molecule is CC(=O)NCC(=O)NC1CC(=O)NCCCCC(C(=O)O)NC(=O)[C@H](Cc2c[nH]c3ccccc23)NC(=O)CNC(=O)C(Cc2ccccc2)NC(=O)[C@H](CC(N)=O)NC1=O. The molecule has 2 heterocycles. The van der Waals surface area contributed by atoms with E-state index in [9.17, 15) is 53.1 Å². The third-order valence-corrected chi connectivity index (χ3v) is 9.52. The molecule has 0 radical (unpaired) electrons. The van der Waals surface area contributed by atoms with Crippen molar-refractivity contribution < 1.29 is 53.1 Å². The molecule has 0 spiro atoms. The van der Waals surface area contributed by atoms with E-state index >= 15 is 0 Å². The van der Waals surface area contributed by atoms with Gasteiger partial charge in [-0.05, 0) is 36.5 Å². The summed E-state index contributed by atoms with van der Waals surface area (Å²) < 4.78 is 0. The normalized spacial score (nSPS) is 21.6. The first kappa shape index (κ1) is 46.4. The third-order valence-electron chi connectivity index (χ3n) is 9.52. The standard InChI is InChI=1S/C40H50N10O11/c1-22(51)43-20-34(54)47-31-18-33(53)42-14-8-7-13-27(40(60)61)48-37(57)29(16-24-19-44-26-12-6-5-11-25(24)26)46-35(55)21-45-36(56)28(15-23-9-3-2-4-10-23)49-38(58)30(17-32(41)52)50-39(31)59/h2-6,9-12,19,27-31,44H,7-8,13-18,20-21H2,1H3,(H2,41,52)(H,42,53)(H,43,51)(H,45,56)(H,46,55)(H,47,54)(H,48,57)(H,49,58)(H,50,59)(H,60,61)/t27?,28?,29-,30-,31?/m0/s1. The van der Waals surface area contributed by atoms with Gasteiger partial charge in [0.1, 0.15) is 30.2 Å². The van der Waals surface area contributed by atoms with Gasteiger partial charge in [0, 0.05) is 43.4 Å².